The molecule has 2 aromatic rings. The average molecular weight is 452 g/mol. The van der Waals surface area contributed by atoms with Crippen molar-refractivity contribution in [1.29, 1.82) is 0 Å². The number of halogens is 2. The summed E-state index contributed by atoms with van der Waals surface area (Å²) in [5, 5.41) is 14.8. The van der Waals surface area contributed by atoms with E-state index in [-0.39, 0.29) is 18.5 Å². The molecule has 0 aromatic heterocycles. The minimum atomic E-state index is -1.12. The van der Waals surface area contributed by atoms with Gasteiger partial charge in [-0.1, -0.05) is 29.3 Å². The van der Waals surface area contributed by atoms with Gasteiger partial charge in [-0.25, -0.2) is 10.8 Å². The van der Waals surface area contributed by atoms with E-state index >= 15 is 0 Å². The summed E-state index contributed by atoms with van der Waals surface area (Å²) in [5.41, 5.74) is 3.47. The monoisotopic (exact) mass is 451 g/mol. The SMILES string of the molecule is NNC=Nc1cccc(C(=O)NCC(=O)NC(CC(=O)O)c2cc(Cl)cc(Cl)c2)c1. The Morgan fingerprint density at radius 1 is 1.13 bits per heavy atom. The first-order chi connectivity index (χ1) is 14.3. The molecule has 0 saturated carbocycles. The van der Waals surface area contributed by atoms with Crippen LogP contribution in [0.3, 0.4) is 0 Å². The summed E-state index contributed by atoms with van der Waals surface area (Å²) in [4.78, 5) is 39.7. The van der Waals surface area contributed by atoms with Crippen LogP contribution < -0.4 is 21.9 Å². The van der Waals surface area contributed by atoms with Crippen molar-refractivity contribution in [2.45, 2.75) is 12.5 Å². The Kier molecular flexibility index (Phi) is 8.60. The third kappa shape index (κ3) is 7.36. The van der Waals surface area contributed by atoms with E-state index in [4.69, 9.17) is 34.2 Å². The van der Waals surface area contributed by atoms with E-state index in [0.717, 1.165) is 0 Å². The van der Waals surface area contributed by atoms with Crippen LogP contribution in [-0.2, 0) is 9.59 Å². The van der Waals surface area contributed by atoms with E-state index in [0.29, 0.717) is 21.3 Å². The number of carbonyl (C=O) groups is 3. The number of nitrogens with two attached hydrogens (primary N) is 1. The lowest BCUT2D eigenvalue weighted by atomic mass is 10.0. The van der Waals surface area contributed by atoms with Crippen molar-refractivity contribution in [1.82, 2.24) is 16.1 Å². The highest BCUT2D eigenvalue weighted by molar-refractivity contribution is 6.34. The number of amides is 2. The molecule has 11 heteroatoms. The van der Waals surface area contributed by atoms with Gasteiger partial charge in [0.1, 0.15) is 6.34 Å². The Balaban J connectivity index is 2.02. The van der Waals surface area contributed by atoms with Gasteiger partial charge < -0.3 is 21.2 Å². The number of aliphatic carboxylic acids is 1. The first-order valence-corrected chi connectivity index (χ1v) is 9.38. The lowest BCUT2D eigenvalue weighted by Crippen LogP contribution is -2.39. The maximum atomic E-state index is 12.3. The van der Waals surface area contributed by atoms with Crippen molar-refractivity contribution in [2.75, 3.05) is 6.54 Å². The van der Waals surface area contributed by atoms with E-state index in [2.05, 4.69) is 21.1 Å². The zero-order valence-corrected chi connectivity index (χ0v) is 17.1. The van der Waals surface area contributed by atoms with Crippen molar-refractivity contribution < 1.29 is 19.5 Å². The highest BCUT2D eigenvalue weighted by Crippen LogP contribution is 2.25. The largest absolute Gasteiger partial charge is 0.481 e. The molecule has 0 aliphatic rings. The van der Waals surface area contributed by atoms with Gasteiger partial charge in [0.2, 0.25) is 5.91 Å². The Bertz CT molecular complexity index is 947. The summed E-state index contributed by atoms with van der Waals surface area (Å²) < 4.78 is 0. The van der Waals surface area contributed by atoms with Crippen molar-refractivity contribution in [3.63, 3.8) is 0 Å². The summed E-state index contributed by atoms with van der Waals surface area (Å²) in [5.74, 6) is 2.92. The van der Waals surface area contributed by atoms with Crippen LogP contribution in [0.25, 0.3) is 0 Å². The Hall–Kier alpha value is -3.14. The fraction of sp³-hybridized carbons (Fsp3) is 0.158. The Morgan fingerprint density at radius 3 is 2.47 bits per heavy atom. The van der Waals surface area contributed by atoms with E-state index in [9.17, 15) is 14.4 Å². The third-order valence-corrected chi connectivity index (χ3v) is 4.24. The number of hydrogen-bond donors (Lipinski definition) is 5. The van der Waals surface area contributed by atoms with Crippen LogP contribution in [0.4, 0.5) is 5.69 Å². The molecule has 0 aliphatic heterocycles. The fourth-order valence-corrected chi connectivity index (χ4v) is 3.09. The lowest BCUT2D eigenvalue weighted by Gasteiger charge is -2.18. The zero-order chi connectivity index (χ0) is 22.1. The number of hydrazine groups is 1. The summed E-state index contributed by atoms with van der Waals surface area (Å²) in [6, 6.07) is 10.0. The van der Waals surface area contributed by atoms with Gasteiger partial charge in [-0.15, -0.1) is 0 Å². The highest BCUT2D eigenvalue weighted by atomic mass is 35.5. The number of benzene rings is 2. The van der Waals surface area contributed by atoms with E-state index < -0.39 is 23.8 Å². The quantitative estimate of drug-likeness (QED) is 0.171. The molecule has 0 aliphatic carbocycles. The number of hydrogen-bond acceptors (Lipinski definition) is 5. The first kappa shape index (κ1) is 23.1. The molecule has 9 nitrogen and oxygen atoms in total. The molecular formula is C19H19Cl2N5O4. The van der Waals surface area contributed by atoms with Gasteiger partial charge in [-0.2, -0.15) is 0 Å². The fourth-order valence-electron chi connectivity index (χ4n) is 2.55. The normalized spacial score (nSPS) is 11.7. The van der Waals surface area contributed by atoms with Crippen LogP contribution in [0.5, 0.6) is 0 Å². The second-order valence-corrected chi connectivity index (χ2v) is 6.95. The minimum absolute atomic E-state index is 0.290. The van der Waals surface area contributed by atoms with E-state index in [1.165, 1.54) is 30.6 Å². The second kappa shape index (κ2) is 11.1. The van der Waals surface area contributed by atoms with E-state index in [1.807, 2.05) is 0 Å². The number of nitrogens with one attached hydrogen (secondary N) is 3. The summed E-state index contributed by atoms with van der Waals surface area (Å²) in [6.07, 6.45) is 0.876. The highest BCUT2D eigenvalue weighted by Gasteiger charge is 2.19. The van der Waals surface area contributed by atoms with Crippen molar-refractivity contribution in [3.8, 4) is 0 Å². The van der Waals surface area contributed by atoms with Crippen LogP contribution in [0.15, 0.2) is 47.5 Å². The van der Waals surface area contributed by atoms with Gasteiger partial charge in [-0.3, -0.25) is 14.4 Å². The Labute approximate surface area is 182 Å². The lowest BCUT2D eigenvalue weighted by molar-refractivity contribution is -0.137. The van der Waals surface area contributed by atoms with Crippen LogP contribution in [0.1, 0.15) is 28.4 Å². The molecule has 0 heterocycles. The maximum absolute atomic E-state index is 12.3. The Morgan fingerprint density at radius 2 is 1.83 bits per heavy atom. The van der Waals surface area contributed by atoms with Gasteiger partial charge in [-0.05, 0) is 42.0 Å². The molecule has 2 amide bonds. The molecule has 0 spiro atoms. The molecule has 1 unspecified atom stereocenters. The van der Waals surface area contributed by atoms with Crippen LogP contribution in [0.2, 0.25) is 10.0 Å². The molecule has 1 atom stereocenters. The predicted octanol–water partition coefficient (Wildman–Crippen LogP) is 2.18. The second-order valence-electron chi connectivity index (χ2n) is 6.08. The van der Waals surface area contributed by atoms with Gasteiger partial charge in [0.05, 0.1) is 24.7 Å². The van der Waals surface area contributed by atoms with E-state index in [1.54, 1.807) is 18.2 Å². The van der Waals surface area contributed by atoms with Crippen molar-refractivity contribution in [3.05, 3.63) is 63.6 Å². The number of nitrogens with zero attached hydrogens (tertiary/aromatic N) is 1. The molecule has 158 valence electrons. The number of rotatable bonds is 9. The van der Waals surface area contributed by atoms with Crippen LogP contribution >= 0.6 is 23.2 Å². The molecular weight excluding hydrogens is 433 g/mol. The van der Waals surface area contributed by atoms with Crippen molar-refractivity contribution >= 4 is 53.0 Å². The summed E-state index contributed by atoms with van der Waals surface area (Å²) in [6.45, 7) is -0.360. The number of carboxylic acids is 1. The summed E-state index contributed by atoms with van der Waals surface area (Å²) in [7, 11) is 0. The third-order valence-electron chi connectivity index (χ3n) is 3.81. The molecule has 6 N–H and O–H groups in total. The maximum Gasteiger partial charge on any atom is 0.305 e. The van der Waals surface area contributed by atoms with Gasteiger partial charge in [0.15, 0.2) is 0 Å². The van der Waals surface area contributed by atoms with Crippen molar-refractivity contribution in [2.24, 2.45) is 10.8 Å². The number of carboxylic acid groups (broad SMARTS) is 1. The molecule has 0 saturated heterocycles. The van der Waals surface area contributed by atoms with Crippen LogP contribution in [-0.4, -0.2) is 35.8 Å². The van der Waals surface area contributed by atoms with Gasteiger partial charge >= 0.3 is 5.97 Å². The topological polar surface area (TPSA) is 146 Å². The van der Waals surface area contributed by atoms with Crippen LogP contribution in [0, 0.1) is 0 Å². The zero-order valence-electron chi connectivity index (χ0n) is 15.6. The molecule has 0 bridgehead atoms. The first-order valence-electron chi connectivity index (χ1n) is 8.62. The molecule has 2 aromatic carbocycles. The number of aliphatic imine (C=N–C) groups is 1. The molecule has 2 rings (SSSR count). The predicted molar refractivity (Wildman–Crippen MR) is 114 cm³/mol. The average Bonchev–Trinajstić information content (AvgIpc) is 2.69. The minimum Gasteiger partial charge on any atom is -0.481 e. The molecule has 0 radical (unpaired) electrons. The number of carbonyl (C=O) groups excluding carboxylic acids is 2. The van der Waals surface area contributed by atoms with Gasteiger partial charge in [0.25, 0.3) is 5.91 Å². The summed E-state index contributed by atoms with van der Waals surface area (Å²) >= 11 is 11.9. The smallest absolute Gasteiger partial charge is 0.305 e. The molecule has 30 heavy (non-hydrogen) atoms. The molecule has 0 fully saturated rings. The van der Waals surface area contributed by atoms with Gasteiger partial charge in [0, 0.05) is 15.6 Å². The standard InChI is InChI=1S/C19H19Cl2N5O4/c20-13-4-12(5-14(21)7-13)16(8-18(28)29)26-17(27)9-23-19(30)11-2-1-3-15(6-11)24-10-25-22/h1-7,10,16H,8-9,22H2,(H,23,30)(H,24,25)(H,26,27)(H,28,29).